The Kier molecular flexibility index (Phi) is 10.4. The number of carbonyl (C=O) groups excluding carboxylic acids is 3. The predicted molar refractivity (Wildman–Crippen MR) is 138 cm³/mol. The lowest BCUT2D eigenvalue weighted by Crippen LogP contribution is -2.59. The summed E-state index contributed by atoms with van der Waals surface area (Å²) in [6, 6.07) is 9.81. The number of esters is 1. The lowest BCUT2D eigenvalue weighted by Gasteiger charge is -2.41. The van der Waals surface area contributed by atoms with Crippen molar-refractivity contribution in [3.05, 3.63) is 64.2 Å². The number of likely N-dealkylation sites (tertiary alicyclic amines) is 1. The second kappa shape index (κ2) is 13.7. The molecule has 2 aromatic carbocycles. The van der Waals surface area contributed by atoms with Crippen LogP contribution in [-0.2, 0) is 30.5 Å². The fourth-order valence-electron chi connectivity index (χ4n) is 3.89. The van der Waals surface area contributed by atoms with Gasteiger partial charge in [0.05, 0.1) is 0 Å². The minimum atomic E-state index is -3.12. The maximum absolute atomic E-state index is 13.5. The molecule has 13 heteroatoms. The number of benzene rings is 2. The van der Waals surface area contributed by atoms with Gasteiger partial charge in [0.2, 0.25) is 12.0 Å². The molecular formula is C26H29ClF2N4O6. The van der Waals surface area contributed by atoms with Crippen LogP contribution in [0.5, 0.6) is 5.75 Å². The van der Waals surface area contributed by atoms with Crippen LogP contribution in [0.3, 0.4) is 0 Å². The Hall–Kier alpha value is -3.93. The third kappa shape index (κ3) is 8.03. The first kappa shape index (κ1) is 29.6. The van der Waals surface area contributed by atoms with Crippen molar-refractivity contribution in [2.45, 2.75) is 51.5 Å². The molecule has 1 heterocycles. The van der Waals surface area contributed by atoms with Gasteiger partial charge >= 0.3 is 12.6 Å². The normalized spacial score (nSPS) is 15.8. The molecule has 10 nitrogen and oxygen atoms in total. The number of nitrogens with one attached hydrogen (secondary N) is 1. The smallest absolute Gasteiger partial charge is 0.387 e. The van der Waals surface area contributed by atoms with Crippen molar-refractivity contribution in [1.29, 1.82) is 0 Å². The van der Waals surface area contributed by atoms with E-state index in [-0.39, 0.29) is 41.7 Å². The van der Waals surface area contributed by atoms with Crippen molar-refractivity contribution >= 4 is 35.2 Å². The highest BCUT2D eigenvalue weighted by atomic mass is 35.5. The van der Waals surface area contributed by atoms with Gasteiger partial charge in [0.25, 0.3) is 5.91 Å². The van der Waals surface area contributed by atoms with Crippen molar-refractivity contribution < 1.29 is 37.5 Å². The monoisotopic (exact) mass is 566 g/mol. The Bertz CT molecular complexity index is 1210. The zero-order chi connectivity index (χ0) is 28.5. The summed E-state index contributed by atoms with van der Waals surface area (Å²) in [5.41, 5.74) is 7.26. The first-order chi connectivity index (χ1) is 18.6. The van der Waals surface area contributed by atoms with Crippen molar-refractivity contribution in [1.82, 2.24) is 10.2 Å². The lowest BCUT2D eigenvalue weighted by molar-refractivity contribution is -0.166. The van der Waals surface area contributed by atoms with Crippen molar-refractivity contribution in [3.63, 3.8) is 0 Å². The summed E-state index contributed by atoms with van der Waals surface area (Å²) in [6.07, 6.45) is -0.594. The third-order valence-corrected chi connectivity index (χ3v) is 6.08. The van der Waals surface area contributed by atoms with E-state index in [9.17, 15) is 23.2 Å². The predicted octanol–water partition coefficient (Wildman–Crippen LogP) is 3.51. The van der Waals surface area contributed by atoms with Gasteiger partial charge in [0.15, 0.2) is 5.84 Å². The Labute approximate surface area is 229 Å². The number of alkyl halides is 2. The molecule has 3 rings (SSSR count). The molecule has 0 radical (unpaired) electrons. The van der Waals surface area contributed by atoms with Crippen LogP contribution in [-0.4, -0.2) is 54.8 Å². The van der Waals surface area contributed by atoms with Crippen LogP contribution in [0.4, 0.5) is 8.78 Å². The van der Waals surface area contributed by atoms with Crippen LogP contribution in [0.1, 0.15) is 49.0 Å². The van der Waals surface area contributed by atoms with Gasteiger partial charge in [-0.25, -0.2) is 0 Å². The fourth-order valence-corrected chi connectivity index (χ4v) is 4.12. The van der Waals surface area contributed by atoms with Crippen LogP contribution in [0, 0.1) is 0 Å². The zero-order valence-corrected chi connectivity index (χ0v) is 22.1. The van der Waals surface area contributed by atoms with Gasteiger partial charge in [0.1, 0.15) is 18.9 Å². The number of halogens is 3. The van der Waals surface area contributed by atoms with E-state index >= 15 is 0 Å². The first-order valence-electron chi connectivity index (χ1n) is 12.1. The highest BCUT2D eigenvalue weighted by molar-refractivity contribution is 6.30. The van der Waals surface area contributed by atoms with E-state index in [2.05, 4.69) is 20.0 Å². The number of nitrogens with zero attached hydrogens (tertiary/aromatic N) is 2. The molecule has 0 bridgehead atoms. The number of amidine groups is 1. The van der Waals surface area contributed by atoms with Gasteiger partial charge < -0.3 is 30.3 Å². The second-order valence-corrected chi connectivity index (χ2v) is 9.07. The first-order valence-corrected chi connectivity index (χ1v) is 12.5. The van der Waals surface area contributed by atoms with Gasteiger partial charge in [-0.15, -0.1) is 0 Å². The topological polar surface area (TPSA) is 133 Å². The second-order valence-electron chi connectivity index (χ2n) is 8.63. The lowest BCUT2D eigenvalue weighted by atomic mass is 9.98. The zero-order valence-electron chi connectivity index (χ0n) is 21.4. The van der Waals surface area contributed by atoms with E-state index < -0.39 is 36.5 Å². The van der Waals surface area contributed by atoms with E-state index in [0.717, 1.165) is 17.7 Å². The molecule has 0 unspecified atom stereocenters. The van der Waals surface area contributed by atoms with E-state index in [1.807, 2.05) is 0 Å². The Morgan fingerprint density at radius 2 is 1.92 bits per heavy atom. The molecular weight excluding hydrogens is 538 g/mol. The Morgan fingerprint density at radius 3 is 2.51 bits per heavy atom. The van der Waals surface area contributed by atoms with E-state index in [4.69, 9.17) is 22.1 Å². The number of ether oxygens (including phenoxy) is 2. The Balaban J connectivity index is 1.72. The van der Waals surface area contributed by atoms with Crippen molar-refractivity contribution in [2.75, 3.05) is 13.7 Å². The summed E-state index contributed by atoms with van der Waals surface area (Å²) < 4.78 is 35.4. The number of hydrogen-bond acceptors (Lipinski definition) is 7. The molecule has 39 heavy (non-hydrogen) atoms. The molecule has 2 atom stereocenters. The summed E-state index contributed by atoms with van der Waals surface area (Å²) in [5, 5.41) is 6.45. The SMILES string of the molecule is CCCC(=O)O[C@@H](C(=O)N1CC[C@H]1C(=O)NCc1ccc(/C(N)=N/OC)cc1)c1cc(Cl)cc(OC(F)F)c1. The maximum Gasteiger partial charge on any atom is 0.387 e. The number of carbonyl (C=O) groups is 3. The minimum Gasteiger partial charge on any atom is -0.447 e. The molecule has 0 spiro atoms. The van der Waals surface area contributed by atoms with Crippen LogP contribution >= 0.6 is 11.6 Å². The summed E-state index contributed by atoms with van der Waals surface area (Å²) in [6.45, 7) is -0.927. The van der Waals surface area contributed by atoms with Crippen molar-refractivity contribution in [2.24, 2.45) is 10.9 Å². The van der Waals surface area contributed by atoms with Gasteiger partial charge in [0, 0.05) is 35.7 Å². The molecule has 2 aromatic rings. The number of rotatable bonds is 12. The summed E-state index contributed by atoms with van der Waals surface area (Å²) >= 11 is 6.05. The number of nitrogens with two attached hydrogens (primary N) is 1. The van der Waals surface area contributed by atoms with Crippen LogP contribution in [0.25, 0.3) is 0 Å². The van der Waals surface area contributed by atoms with Gasteiger partial charge in [-0.3, -0.25) is 14.4 Å². The molecule has 3 N–H and O–H groups in total. The molecule has 1 saturated heterocycles. The summed E-state index contributed by atoms with van der Waals surface area (Å²) in [5.74, 6) is -1.82. The molecule has 0 aliphatic carbocycles. The van der Waals surface area contributed by atoms with Crippen molar-refractivity contribution in [3.8, 4) is 5.75 Å². The highest BCUT2D eigenvalue weighted by Gasteiger charge is 2.42. The summed E-state index contributed by atoms with van der Waals surface area (Å²) in [4.78, 5) is 44.6. The summed E-state index contributed by atoms with van der Waals surface area (Å²) in [7, 11) is 1.39. The highest BCUT2D eigenvalue weighted by Crippen LogP contribution is 2.32. The average molecular weight is 567 g/mol. The van der Waals surface area contributed by atoms with Crippen LogP contribution < -0.4 is 15.8 Å². The minimum absolute atomic E-state index is 0.00617. The largest absolute Gasteiger partial charge is 0.447 e. The number of hydrogen-bond donors (Lipinski definition) is 2. The number of oxime groups is 1. The third-order valence-electron chi connectivity index (χ3n) is 5.86. The quantitative estimate of drug-likeness (QED) is 0.174. The van der Waals surface area contributed by atoms with Gasteiger partial charge in [-0.05, 0) is 36.6 Å². The van der Waals surface area contributed by atoms with Gasteiger partial charge in [-0.2, -0.15) is 8.78 Å². The molecule has 210 valence electrons. The van der Waals surface area contributed by atoms with E-state index in [1.165, 1.54) is 18.1 Å². The molecule has 1 aliphatic heterocycles. The molecule has 0 saturated carbocycles. The molecule has 1 fully saturated rings. The molecule has 1 aliphatic rings. The van der Waals surface area contributed by atoms with Crippen LogP contribution in [0.15, 0.2) is 47.6 Å². The van der Waals surface area contributed by atoms with Crippen LogP contribution in [0.2, 0.25) is 5.02 Å². The Morgan fingerprint density at radius 1 is 1.21 bits per heavy atom. The number of amides is 2. The fraction of sp³-hybridized carbons (Fsp3) is 0.385. The standard InChI is InChI=1S/C26H29ClF2N4O6/c1-3-4-21(34)39-22(17-11-18(27)13-19(12-17)38-26(28)29)25(36)33-10-9-20(33)24(35)31-14-15-5-7-16(8-6-15)23(30)32-37-2/h5-8,11-13,20,22,26H,3-4,9-10,14H2,1-2H3,(H2,30,32)(H,31,35)/t20-,22+/m0/s1. The molecule has 0 aromatic heterocycles. The molecule has 2 amide bonds. The van der Waals surface area contributed by atoms with Gasteiger partial charge in [-0.1, -0.05) is 47.9 Å². The van der Waals surface area contributed by atoms with E-state index in [1.54, 1.807) is 31.2 Å². The maximum atomic E-state index is 13.5. The average Bonchev–Trinajstić information content (AvgIpc) is 2.85. The van der Waals surface area contributed by atoms with E-state index in [0.29, 0.717) is 18.4 Å².